The number of alkyl halides is 3. The van der Waals surface area contributed by atoms with Crippen molar-refractivity contribution in [3.05, 3.63) is 96.2 Å². The first-order valence-corrected chi connectivity index (χ1v) is 14.2. The number of Topliss-reactive ketones (excluding diaryl/α,β-unsaturated/α-hetero) is 1. The summed E-state index contributed by atoms with van der Waals surface area (Å²) in [6.45, 7) is 0.174. The average Bonchev–Trinajstić information content (AvgIpc) is 3.47. The molecule has 0 radical (unpaired) electrons. The lowest BCUT2D eigenvalue weighted by molar-refractivity contribution is -0.137. The molecule has 0 spiro atoms. The lowest BCUT2D eigenvalue weighted by atomic mass is 10.0. The van der Waals surface area contributed by atoms with Gasteiger partial charge in [0.1, 0.15) is 5.82 Å². The fourth-order valence-electron chi connectivity index (χ4n) is 4.74. The Balaban J connectivity index is 1.39. The number of pyridine rings is 1. The minimum absolute atomic E-state index is 0.0145. The van der Waals surface area contributed by atoms with Crippen LogP contribution >= 0.6 is 0 Å². The van der Waals surface area contributed by atoms with Crippen LogP contribution in [0.5, 0.6) is 0 Å². The second kappa shape index (κ2) is 11.5. The summed E-state index contributed by atoms with van der Waals surface area (Å²) in [5.41, 5.74) is 1.14. The van der Waals surface area contributed by atoms with Crippen LogP contribution in [0.15, 0.2) is 84.0 Å². The molecule has 4 aromatic rings. The molecule has 7 nitrogen and oxygen atoms in total. The van der Waals surface area contributed by atoms with Gasteiger partial charge in [-0.2, -0.15) is 17.5 Å². The first-order chi connectivity index (χ1) is 19.5. The molecule has 1 atom stereocenters. The molecule has 3 heterocycles. The van der Waals surface area contributed by atoms with Gasteiger partial charge in [0, 0.05) is 42.2 Å². The maximum Gasteiger partial charge on any atom is 0.416 e. The van der Waals surface area contributed by atoms with Crippen molar-refractivity contribution in [2.75, 3.05) is 6.54 Å². The molecule has 2 aromatic carbocycles. The van der Waals surface area contributed by atoms with E-state index in [0.29, 0.717) is 41.2 Å². The van der Waals surface area contributed by atoms with Crippen LogP contribution in [-0.2, 0) is 27.4 Å². The number of carbonyl (C=O) groups is 1. The topological polar surface area (TPSA) is 93.1 Å². The smallest absolute Gasteiger partial charge is 0.298 e. The van der Waals surface area contributed by atoms with E-state index in [-0.39, 0.29) is 30.1 Å². The van der Waals surface area contributed by atoms with Gasteiger partial charge < -0.3 is 0 Å². The Morgan fingerprint density at radius 2 is 1.61 bits per heavy atom. The highest BCUT2D eigenvalue weighted by atomic mass is 32.2. The van der Waals surface area contributed by atoms with Gasteiger partial charge in [-0.1, -0.05) is 12.1 Å². The molecule has 1 fully saturated rings. The van der Waals surface area contributed by atoms with E-state index < -0.39 is 33.6 Å². The van der Waals surface area contributed by atoms with E-state index in [1.54, 1.807) is 30.6 Å². The van der Waals surface area contributed by atoms with Crippen LogP contribution < -0.4 is 0 Å². The standard InChI is InChI=1S/C29H24F4N4O3S/c30-22-7-10-24(11-8-22)41(39,40)37-17-1-2-26(37)27(38)12-9-23-18-25(19-3-5-21(6-4-19)29(31,32)33)36-28(35-23)20-13-15-34-16-14-20/h3-8,10-11,13-16,18,26H,1-2,9,12,17H2/t26-/m0/s1. The summed E-state index contributed by atoms with van der Waals surface area (Å²) in [5.74, 6) is -0.536. The predicted molar refractivity (Wildman–Crippen MR) is 142 cm³/mol. The zero-order valence-corrected chi connectivity index (χ0v) is 22.4. The van der Waals surface area contributed by atoms with E-state index in [4.69, 9.17) is 0 Å². The van der Waals surface area contributed by atoms with E-state index >= 15 is 0 Å². The van der Waals surface area contributed by atoms with Crippen molar-refractivity contribution in [2.45, 2.75) is 42.8 Å². The summed E-state index contributed by atoms with van der Waals surface area (Å²) in [6.07, 6.45) is -0.341. The Kier molecular flexibility index (Phi) is 7.96. The van der Waals surface area contributed by atoms with Gasteiger partial charge in [0.15, 0.2) is 11.6 Å². The third kappa shape index (κ3) is 6.33. The highest BCUT2D eigenvalue weighted by molar-refractivity contribution is 7.89. The summed E-state index contributed by atoms with van der Waals surface area (Å²) >= 11 is 0. The Hall–Kier alpha value is -4.03. The van der Waals surface area contributed by atoms with E-state index in [9.17, 15) is 30.8 Å². The molecule has 0 bridgehead atoms. The number of nitrogens with zero attached hydrogens (tertiary/aromatic N) is 4. The van der Waals surface area contributed by atoms with E-state index in [1.165, 1.54) is 28.6 Å². The van der Waals surface area contributed by atoms with E-state index in [1.807, 2.05) is 0 Å². The highest BCUT2D eigenvalue weighted by Crippen LogP contribution is 2.32. The monoisotopic (exact) mass is 584 g/mol. The molecule has 0 unspecified atom stereocenters. The Morgan fingerprint density at radius 1 is 0.927 bits per heavy atom. The molecule has 0 amide bonds. The number of halogens is 4. The molecule has 2 aromatic heterocycles. The molecule has 5 rings (SSSR count). The van der Waals surface area contributed by atoms with Gasteiger partial charge in [-0.05, 0) is 73.9 Å². The minimum Gasteiger partial charge on any atom is -0.298 e. The molecule has 0 aliphatic carbocycles. The molecule has 1 aliphatic heterocycles. The van der Waals surface area contributed by atoms with Gasteiger partial charge in [-0.15, -0.1) is 0 Å². The summed E-state index contributed by atoms with van der Waals surface area (Å²) in [4.78, 5) is 26.3. The predicted octanol–water partition coefficient (Wildman–Crippen LogP) is 5.72. The number of rotatable bonds is 8. The van der Waals surface area contributed by atoms with Crippen LogP contribution in [0.3, 0.4) is 0 Å². The molecule has 1 saturated heterocycles. The van der Waals surface area contributed by atoms with Crippen LogP contribution in [0.2, 0.25) is 0 Å². The summed E-state index contributed by atoms with van der Waals surface area (Å²) in [7, 11) is -4.00. The molecular formula is C29H24F4N4O3S. The van der Waals surface area contributed by atoms with Gasteiger partial charge in [-0.25, -0.2) is 22.8 Å². The van der Waals surface area contributed by atoms with Crippen molar-refractivity contribution in [3.8, 4) is 22.6 Å². The van der Waals surface area contributed by atoms with Crippen LogP contribution in [0.4, 0.5) is 17.6 Å². The van der Waals surface area contributed by atoms with Gasteiger partial charge in [0.05, 0.1) is 22.2 Å². The first-order valence-electron chi connectivity index (χ1n) is 12.8. The van der Waals surface area contributed by atoms with Crippen molar-refractivity contribution in [1.29, 1.82) is 0 Å². The van der Waals surface area contributed by atoms with Crippen LogP contribution in [-0.4, -0.2) is 46.0 Å². The number of hydrogen-bond donors (Lipinski definition) is 0. The third-order valence-corrected chi connectivity index (χ3v) is 8.77. The minimum atomic E-state index is -4.48. The summed E-state index contributed by atoms with van der Waals surface area (Å²) < 4.78 is 80.1. The van der Waals surface area contributed by atoms with Crippen molar-refractivity contribution < 1.29 is 30.8 Å². The Labute approximate surface area is 234 Å². The lowest BCUT2D eigenvalue weighted by Gasteiger charge is -2.23. The first kappa shape index (κ1) is 28.5. The Morgan fingerprint density at radius 3 is 2.27 bits per heavy atom. The number of sulfonamides is 1. The lowest BCUT2D eigenvalue weighted by Crippen LogP contribution is -2.40. The zero-order valence-electron chi connectivity index (χ0n) is 21.6. The molecular weight excluding hydrogens is 560 g/mol. The quantitative estimate of drug-likeness (QED) is 0.246. The van der Waals surface area contributed by atoms with Gasteiger partial charge in [0.25, 0.3) is 0 Å². The van der Waals surface area contributed by atoms with Gasteiger partial charge >= 0.3 is 6.18 Å². The van der Waals surface area contributed by atoms with Crippen LogP contribution in [0, 0.1) is 5.82 Å². The van der Waals surface area contributed by atoms with E-state index in [2.05, 4.69) is 15.0 Å². The fraction of sp³-hybridized carbons (Fsp3) is 0.241. The number of hydrogen-bond acceptors (Lipinski definition) is 6. The SMILES string of the molecule is O=C(CCc1cc(-c2ccc(C(F)(F)F)cc2)nc(-c2ccncc2)n1)[C@@H]1CCCN1S(=O)(=O)c1ccc(F)cc1. The van der Waals surface area contributed by atoms with Crippen LogP contribution in [0.25, 0.3) is 22.6 Å². The summed E-state index contributed by atoms with van der Waals surface area (Å²) in [6, 6.07) is 13.2. The summed E-state index contributed by atoms with van der Waals surface area (Å²) in [5, 5.41) is 0. The molecule has 0 saturated carbocycles. The van der Waals surface area contributed by atoms with Crippen molar-refractivity contribution in [1.82, 2.24) is 19.3 Å². The molecule has 41 heavy (non-hydrogen) atoms. The van der Waals surface area contributed by atoms with Crippen LogP contribution in [0.1, 0.15) is 30.5 Å². The number of aromatic nitrogens is 3. The molecule has 12 heteroatoms. The average molecular weight is 585 g/mol. The third-order valence-electron chi connectivity index (χ3n) is 6.85. The fourth-order valence-corrected chi connectivity index (χ4v) is 6.42. The van der Waals surface area contributed by atoms with Crippen molar-refractivity contribution in [3.63, 3.8) is 0 Å². The molecule has 212 valence electrons. The zero-order chi connectivity index (χ0) is 29.2. The molecule has 1 aliphatic rings. The number of carbonyl (C=O) groups excluding carboxylic acids is 1. The number of benzene rings is 2. The van der Waals surface area contributed by atoms with Gasteiger partial charge in [0.2, 0.25) is 10.0 Å². The van der Waals surface area contributed by atoms with Crippen molar-refractivity contribution in [2.24, 2.45) is 0 Å². The molecule has 0 N–H and O–H groups in total. The van der Waals surface area contributed by atoms with Gasteiger partial charge in [-0.3, -0.25) is 9.78 Å². The number of ketones is 1. The largest absolute Gasteiger partial charge is 0.416 e. The Bertz CT molecular complexity index is 1650. The van der Waals surface area contributed by atoms with E-state index in [0.717, 1.165) is 24.3 Å². The highest BCUT2D eigenvalue weighted by Gasteiger charge is 2.39. The maximum absolute atomic E-state index is 13.3. The normalized spacial score (nSPS) is 16.1. The second-order valence-electron chi connectivity index (χ2n) is 9.57. The second-order valence-corrected chi connectivity index (χ2v) is 11.5. The number of aryl methyl sites for hydroxylation is 1. The van der Waals surface area contributed by atoms with Crippen molar-refractivity contribution >= 4 is 15.8 Å². The maximum atomic E-state index is 13.3.